The van der Waals surface area contributed by atoms with Crippen molar-refractivity contribution in [3.63, 3.8) is 0 Å². The molecule has 134 valence electrons. The van der Waals surface area contributed by atoms with Gasteiger partial charge in [0.2, 0.25) is 0 Å². The van der Waals surface area contributed by atoms with Gasteiger partial charge in [-0.2, -0.15) is 0 Å². The fourth-order valence-corrected chi connectivity index (χ4v) is 2.29. The van der Waals surface area contributed by atoms with Gasteiger partial charge in [-0.05, 0) is 35.7 Å². The second-order valence-electron chi connectivity index (χ2n) is 5.31. The minimum Gasteiger partial charge on any atom is -0.466 e. The van der Waals surface area contributed by atoms with E-state index in [1.165, 1.54) is 24.3 Å². The number of alkyl halides is 3. The van der Waals surface area contributed by atoms with Gasteiger partial charge < -0.3 is 15.2 Å². The van der Waals surface area contributed by atoms with Crippen molar-refractivity contribution in [2.24, 2.45) is 5.73 Å². The van der Waals surface area contributed by atoms with Crippen LogP contribution < -0.4 is 10.5 Å². The molecular formula is C18H18F3NO3. The lowest BCUT2D eigenvalue weighted by Gasteiger charge is -2.12. The Balaban J connectivity index is 2.05. The van der Waals surface area contributed by atoms with E-state index in [0.29, 0.717) is 6.61 Å². The minimum absolute atomic E-state index is 0.0800. The number of hydrogen-bond donors (Lipinski definition) is 1. The summed E-state index contributed by atoms with van der Waals surface area (Å²) in [5.41, 5.74) is 8.29. The minimum atomic E-state index is -4.71. The van der Waals surface area contributed by atoms with Crippen molar-refractivity contribution in [3.8, 4) is 16.9 Å². The quantitative estimate of drug-likeness (QED) is 0.791. The highest BCUT2D eigenvalue weighted by Gasteiger charge is 2.30. The molecule has 0 aromatic heterocycles. The Morgan fingerprint density at radius 2 is 1.56 bits per heavy atom. The molecule has 25 heavy (non-hydrogen) atoms. The molecule has 0 aliphatic heterocycles. The lowest BCUT2D eigenvalue weighted by Crippen LogP contribution is -2.17. The van der Waals surface area contributed by atoms with Gasteiger partial charge in [-0.3, -0.25) is 4.79 Å². The Morgan fingerprint density at radius 3 is 2.04 bits per heavy atom. The number of esters is 1. The summed E-state index contributed by atoms with van der Waals surface area (Å²) < 4.78 is 45.2. The summed E-state index contributed by atoms with van der Waals surface area (Å²) in [6.07, 6.45) is -4.63. The van der Waals surface area contributed by atoms with E-state index < -0.39 is 12.4 Å². The number of nitrogens with two attached hydrogens (primary N) is 1. The molecule has 4 nitrogen and oxygen atoms in total. The largest absolute Gasteiger partial charge is 0.573 e. The molecule has 0 bridgehead atoms. The number of ether oxygens (including phenoxy) is 2. The van der Waals surface area contributed by atoms with Crippen molar-refractivity contribution < 1.29 is 27.4 Å². The van der Waals surface area contributed by atoms with Crippen LogP contribution in [0.2, 0.25) is 0 Å². The van der Waals surface area contributed by atoms with Gasteiger partial charge in [-0.1, -0.05) is 36.4 Å². The Hall–Kier alpha value is -2.54. The number of halogens is 3. The van der Waals surface area contributed by atoms with E-state index in [4.69, 9.17) is 10.5 Å². The molecular weight excluding hydrogens is 335 g/mol. The van der Waals surface area contributed by atoms with Crippen LogP contribution >= 0.6 is 0 Å². The normalized spacial score (nSPS) is 12.5. The predicted molar refractivity (Wildman–Crippen MR) is 86.7 cm³/mol. The fraction of sp³-hybridized carbons (Fsp3) is 0.278. The predicted octanol–water partition coefficient (Wildman–Crippen LogP) is 4.21. The van der Waals surface area contributed by atoms with E-state index in [1.54, 1.807) is 31.2 Å². The van der Waals surface area contributed by atoms with Crippen LogP contribution in [0.5, 0.6) is 5.75 Å². The third-order valence-electron chi connectivity index (χ3n) is 3.45. The van der Waals surface area contributed by atoms with Gasteiger partial charge in [0, 0.05) is 6.04 Å². The van der Waals surface area contributed by atoms with E-state index in [2.05, 4.69) is 4.74 Å². The maximum atomic E-state index is 12.2. The van der Waals surface area contributed by atoms with Crippen LogP contribution in [0.3, 0.4) is 0 Å². The first-order valence-corrected chi connectivity index (χ1v) is 7.66. The number of rotatable bonds is 6. The van der Waals surface area contributed by atoms with Crippen molar-refractivity contribution in [1.29, 1.82) is 0 Å². The monoisotopic (exact) mass is 353 g/mol. The first-order valence-electron chi connectivity index (χ1n) is 7.66. The smallest absolute Gasteiger partial charge is 0.466 e. The number of carbonyl (C=O) groups excluding carboxylic acids is 1. The van der Waals surface area contributed by atoms with Gasteiger partial charge in [0.15, 0.2) is 0 Å². The zero-order valence-electron chi connectivity index (χ0n) is 13.5. The molecule has 0 aliphatic rings. The molecule has 0 unspecified atom stereocenters. The molecule has 7 heteroatoms. The third-order valence-corrected chi connectivity index (χ3v) is 3.45. The van der Waals surface area contributed by atoms with Crippen molar-refractivity contribution in [3.05, 3.63) is 54.1 Å². The van der Waals surface area contributed by atoms with Crippen molar-refractivity contribution >= 4 is 5.97 Å². The van der Waals surface area contributed by atoms with E-state index in [0.717, 1.165) is 16.7 Å². The summed E-state index contributed by atoms with van der Waals surface area (Å²) in [6, 6.07) is 12.2. The first-order chi connectivity index (χ1) is 11.8. The van der Waals surface area contributed by atoms with Gasteiger partial charge in [0.1, 0.15) is 5.75 Å². The third kappa shape index (κ3) is 5.79. The van der Waals surface area contributed by atoms with E-state index in [1.807, 2.05) is 0 Å². The SMILES string of the molecule is CCOC(=O)C[C@H](N)c1ccc(-c2ccc(OC(F)(F)F)cc2)cc1. The highest BCUT2D eigenvalue weighted by Crippen LogP contribution is 2.27. The van der Waals surface area contributed by atoms with Crippen LogP contribution in [0.4, 0.5) is 13.2 Å². The van der Waals surface area contributed by atoms with Crippen LogP contribution in [-0.4, -0.2) is 18.9 Å². The van der Waals surface area contributed by atoms with Crippen LogP contribution in [0, 0.1) is 0 Å². The maximum absolute atomic E-state index is 12.2. The molecule has 0 saturated heterocycles. The van der Waals surface area contributed by atoms with Gasteiger partial charge in [-0.15, -0.1) is 13.2 Å². The highest BCUT2D eigenvalue weighted by molar-refractivity contribution is 5.70. The van der Waals surface area contributed by atoms with E-state index >= 15 is 0 Å². The molecule has 0 radical (unpaired) electrons. The summed E-state index contributed by atoms with van der Waals surface area (Å²) in [4.78, 5) is 11.5. The molecule has 2 aromatic carbocycles. The van der Waals surface area contributed by atoms with Crippen LogP contribution in [0.1, 0.15) is 24.9 Å². The molecule has 0 heterocycles. The van der Waals surface area contributed by atoms with Crippen molar-refractivity contribution in [1.82, 2.24) is 0 Å². The van der Waals surface area contributed by atoms with Gasteiger partial charge in [-0.25, -0.2) is 0 Å². The van der Waals surface area contributed by atoms with Gasteiger partial charge >= 0.3 is 12.3 Å². The van der Waals surface area contributed by atoms with Crippen LogP contribution in [0.15, 0.2) is 48.5 Å². The molecule has 0 spiro atoms. The number of hydrogen-bond acceptors (Lipinski definition) is 4. The van der Waals surface area contributed by atoms with Crippen molar-refractivity contribution in [2.75, 3.05) is 6.61 Å². The summed E-state index contributed by atoms with van der Waals surface area (Å²) in [6.45, 7) is 2.03. The number of benzene rings is 2. The van der Waals surface area contributed by atoms with Crippen LogP contribution in [0.25, 0.3) is 11.1 Å². The van der Waals surface area contributed by atoms with Crippen molar-refractivity contribution in [2.45, 2.75) is 25.7 Å². The summed E-state index contributed by atoms with van der Waals surface area (Å²) >= 11 is 0. The number of carbonyl (C=O) groups is 1. The second-order valence-corrected chi connectivity index (χ2v) is 5.31. The standard InChI is InChI=1S/C18H18F3NO3/c1-2-24-17(23)11-16(22)14-5-3-12(4-6-14)13-7-9-15(10-8-13)25-18(19,20)21/h3-10,16H,2,11,22H2,1H3/t16-/m0/s1. The lowest BCUT2D eigenvalue weighted by atomic mass is 9.99. The average Bonchev–Trinajstić information content (AvgIpc) is 2.54. The lowest BCUT2D eigenvalue weighted by molar-refractivity contribution is -0.274. The average molecular weight is 353 g/mol. The molecule has 2 aromatic rings. The second kappa shape index (κ2) is 8.02. The molecule has 2 N–H and O–H groups in total. The Bertz CT molecular complexity index is 697. The Labute approximate surface area is 143 Å². The fourth-order valence-electron chi connectivity index (χ4n) is 2.29. The topological polar surface area (TPSA) is 61.5 Å². The molecule has 0 aliphatic carbocycles. The van der Waals surface area contributed by atoms with Gasteiger partial charge in [0.25, 0.3) is 0 Å². The molecule has 0 fully saturated rings. The van der Waals surface area contributed by atoms with E-state index in [9.17, 15) is 18.0 Å². The summed E-state index contributed by atoms with van der Waals surface area (Å²) in [5, 5.41) is 0. The maximum Gasteiger partial charge on any atom is 0.573 e. The zero-order valence-corrected chi connectivity index (χ0v) is 13.5. The zero-order chi connectivity index (χ0) is 18.4. The molecule has 0 saturated carbocycles. The molecule has 0 amide bonds. The molecule has 2 rings (SSSR count). The Kier molecular flexibility index (Phi) is 6.03. The first kappa shape index (κ1) is 18.8. The van der Waals surface area contributed by atoms with E-state index in [-0.39, 0.29) is 18.1 Å². The highest BCUT2D eigenvalue weighted by atomic mass is 19.4. The van der Waals surface area contributed by atoms with Crippen LogP contribution in [-0.2, 0) is 9.53 Å². The summed E-state index contributed by atoms with van der Waals surface area (Å²) in [5.74, 6) is -0.636. The summed E-state index contributed by atoms with van der Waals surface area (Å²) in [7, 11) is 0. The van der Waals surface area contributed by atoms with Gasteiger partial charge in [0.05, 0.1) is 13.0 Å². The Morgan fingerprint density at radius 1 is 1.04 bits per heavy atom. The molecule has 1 atom stereocenters.